The van der Waals surface area contributed by atoms with Crippen molar-refractivity contribution in [1.82, 2.24) is 10.2 Å². The number of rotatable bonds is 4. The zero-order valence-corrected chi connectivity index (χ0v) is 12.0. The number of amides is 2. The molecule has 7 heteroatoms. The molecule has 0 spiro atoms. The highest BCUT2D eigenvalue weighted by atomic mass is 32.2. The minimum atomic E-state index is -0.858. The Labute approximate surface area is 120 Å². The van der Waals surface area contributed by atoms with Gasteiger partial charge in [0.15, 0.2) is 0 Å². The van der Waals surface area contributed by atoms with Crippen molar-refractivity contribution < 1.29 is 14.7 Å². The molecule has 1 aliphatic rings. The summed E-state index contributed by atoms with van der Waals surface area (Å²) in [7, 11) is 0. The van der Waals surface area contributed by atoms with Crippen LogP contribution in [0.2, 0.25) is 0 Å². The quantitative estimate of drug-likeness (QED) is 0.890. The molecule has 1 saturated heterocycles. The fraction of sp³-hybridized carbons (Fsp3) is 0.500. The van der Waals surface area contributed by atoms with Crippen LogP contribution >= 0.6 is 23.1 Å². The Morgan fingerprint density at radius 2 is 2.37 bits per heavy atom. The summed E-state index contributed by atoms with van der Waals surface area (Å²) in [4.78, 5) is 24.6. The first kappa shape index (κ1) is 14.2. The fourth-order valence-electron chi connectivity index (χ4n) is 1.97. The largest absolute Gasteiger partial charge is 0.481 e. The maximum Gasteiger partial charge on any atom is 0.317 e. The van der Waals surface area contributed by atoms with Crippen molar-refractivity contribution in [3.05, 3.63) is 22.4 Å². The van der Waals surface area contributed by atoms with Crippen molar-refractivity contribution in [2.45, 2.75) is 19.0 Å². The molecule has 0 saturated carbocycles. The maximum atomic E-state index is 12.1. The van der Waals surface area contributed by atoms with Crippen molar-refractivity contribution in [3.8, 4) is 0 Å². The summed E-state index contributed by atoms with van der Waals surface area (Å²) in [5.74, 6) is 0.698. The summed E-state index contributed by atoms with van der Waals surface area (Å²) in [6.45, 7) is 1.10. The van der Waals surface area contributed by atoms with Crippen LogP contribution in [0.3, 0.4) is 0 Å². The van der Waals surface area contributed by atoms with Gasteiger partial charge >= 0.3 is 12.0 Å². The van der Waals surface area contributed by atoms with Gasteiger partial charge in [0, 0.05) is 24.6 Å². The summed E-state index contributed by atoms with van der Waals surface area (Å²) >= 11 is 3.29. The van der Waals surface area contributed by atoms with Gasteiger partial charge in [0.2, 0.25) is 0 Å². The van der Waals surface area contributed by atoms with Crippen LogP contribution in [-0.4, -0.2) is 46.1 Å². The lowest BCUT2D eigenvalue weighted by molar-refractivity contribution is -0.137. The Balaban J connectivity index is 1.89. The molecule has 1 unspecified atom stereocenters. The van der Waals surface area contributed by atoms with E-state index in [1.54, 1.807) is 28.0 Å². The summed E-state index contributed by atoms with van der Waals surface area (Å²) in [6.07, 6.45) is 0.0128. The van der Waals surface area contributed by atoms with Crippen LogP contribution in [0.1, 0.15) is 12.0 Å². The fourth-order valence-corrected chi connectivity index (χ4v) is 3.70. The SMILES string of the molecule is O=C(O)CC1CSCCN1C(=O)NCc1ccsc1. The van der Waals surface area contributed by atoms with Gasteiger partial charge in [0.25, 0.3) is 0 Å². The maximum absolute atomic E-state index is 12.1. The number of carbonyl (C=O) groups is 2. The number of thioether (sulfide) groups is 1. The molecule has 1 atom stereocenters. The van der Waals surface area contributed by atoms with Gasteiger partial charge in [-0.15, -0.1) is 0 Å². The minimum Gasteiger partial charge on any atom is -0.481 e. The van der Waals surface area contributed by atoms with Gasteiger partial charge in [0.1, 0.15) is 0 Å². The number of carboxylic acids is 1. The van der Waals surface area contributed by atoms with Gasteiger partial charge in [0.05, 0.1) is 12.5 Å². The highest BCUT2D eigenvalue weighted by Crippen LogP contribution is 2.19. The molecule has 1 aromatic heterocycles. The number of urea groups is 1. The van der Waals surface area contributed by atoms with E-state index < -0.39 is 5.97 Å². The van der Waals surface area contributed by atoms with E-state index in [-0.39, 0.29) is 18.5 Å². The summed E-state index contributed by atoms with van der Waals surface area (Å²) in [5, 5.41) is 15.7. The van der Waals surface area contributed by atoms with Gasteiger partial charge in [-0.25, -0.2) is 4.79 Å². The monoisotopic (exact) mass is 300 g/mol. The summed E-state index contributed by atoms with van der Waals surface area (Å²) in [6, 6.07) is 1.59. The molecule has 2 rings (SSSR count). The van der Waals surface area contributed by atoms with E-state index in [1.165, 1.54) is 0 Å². The molecule has 2 N–H and O–H groups in total. The zero-order valence-electron chi connectivity index (χ0n) is 10.4. The highest BCUT2D eigenvalue weighted by molar-refractivity contribution is 7.99. The highest BCUT2D eigenvalue weighted by Gasteiger charge is 2.28. The molecule has 1 aromatic rings. The van der Waals surface area contributed by atoms with E-state index in [0.717, 1.165) is 11.3 Å². The van der Waals surface area contributed by atoms with Crippen molar-refractivity contribution in [3.63, 3.8) is 0 Å². The molecule has 2 amide bonds. The van der Waals surface area contributed by atoms with E-state index in [1.807, 2.05) is 16.8 Å². The topological polar surface area (TPSA) is 69.6 Å². The van der Waals surface area contributed by atoms with E-state index >= 15 is 0 Å². The number of thiophene rings is 1. The lowest BCUT2D eigenvalue weighted by atomic mass is 10.2. The molecule has 0 aliphatic carbocycles. The van der Waals surface area contributed by atoms with Crippen molar-refractivity contribution in [2.75, 3.05) is 18.1 Å². The van der Waals surface area contributed by atoms with E-state index in [9.17, 15) is 9.59 Å². The van der Waals surface area contributed by atoms with Crippen molar-refractivity contribution in [2.24, 2.45) is 0 Å². The number of hydrogen-bond acceptors (Lipinski definition) is 4. The van der Waals surface area contributed by atoms with Crippen LogP contribution in [0.25, 0.3) is 0 Å². The molecule has 5 nitrogen and oxygen atoms in total. The first-order valence-electron chi connectivity index (χ1n) is 6.02. The van der Waals surface area contributed by atoms with Crippen molar-refractivity contribution in [1.29, 1.82) is 0 Å². The lowest BCUT2D eigenvalue weighted by Gasteiger charge is -2.34. The Bertz CT molecular complexity index is 436. The molecule has 104 valence electrons. The van der Waals surface area contributed by atoms with Gasteiger partial charge < -0.3 is 15.3 Å². The van der Waals surface area contributed by atoms with Gasteiger partial charge in [-0.3, -0.25) is 4.79 Å². The lowest BCUT2D eigenvalue weighted by Crippen LogP contribution is -2.51. The number of nitrogens with one attached hydrogen (secondary N) is 1. The van der Waals surface area contributed by atoms with Crippen LogP contribution in [0.4, 0.5) is 4.79 Å². The van der Waals surface area contributed by atoms with Crippen LogP contribution in [-0.2, 0) is 11.3 Å². The Kier molecular flexibility index (Phi) is 5.09. The average molecular weight is 300 g/mol. The summed E-state index contributed by atoms with van der Waals surface area (Å²) in [5.41, 5.74) is 1.07. The number of nitrogens with zero attached hydrogens (tertiary/aromatic N) is 1. The molecule has 2 heterocycles. The second kappa shape index (κ2) is 6.81. The van der Waals surface area contributed by atoms with Gasteiger partial charge in [-0.05, 0) is 22.4 Å². The molecule has 0 aromatic carbocycles. The number of hydrogen-bond donors (Lipinski definition) is 2. The number of aliphatic carboxylic acids is 1. The second-order valence-electron chi connectivity index (χ2n) is 4.31. The third-order valence-electron chi connectivity index (χ3n) is 2.92. The van der Waals surface area contributed by atoms with E-state index in [4.69, 9.17) is 5.11 Å². The van der Waals surface area contributed by atoms with E-state index in [0.29, 0.717) is 18.8 Å². The number of carbonyl (C=O) groups excluding carboxylic acids is 1. The molecule has 1 aliphatic heterocycles. The number of carboxylic acid groups (broad SMARTS) is 1. The summed E-state index contributed by atoms with van der Waals surface area (Å²) < 4.78 is 0. The van der Waals surface area contributed by atoms with Crippen LogP contribution in [0.15, 0.2) is 16.8 Å². The first-order valence-corrected chi connectivity index (χ1v) is 8.11. The second-order valence-corrected chi connectivity index (χ2v) is 6.24. The van der Waals surface area contributed by atoms with Gasteiger partial charge in [-0.2, -0.15) is 23.1 Å². The third kappa shape index (κ3) is 4.14. The van der Waals surface area contributed by atoms with Crippen LogP contribution < -0.4 is 5.32 Å². The van der Waals surface area contributed by atoms with Gasteiger partial charge in [-0.1, -0.05) is 0 Å². The Morgan fingerprint density at radius 3 is 3.05 bits per heavy atom. The average Bonchev–Trinajstić information content (AvgIpc) is 2.89. The predicted octanol–water partition coefficient (Wildman–Crippen LogP) is 1.85. The molecule has 0 radical (unpaired) electrons. The molecule has 0 bridgehead atoms. The van der Waals surface area contributed by atoms with Crippen LogP contribution in [0, 0.1) is 0 Å². The van der Waals surface area contributed by atoms with E-state index in [2.05, 4.69) is 5.32 Å². The first-order chi connectivity index (χ1) is 9.16. The minimum absolute atomic E-state index is 0.0128. The Morgan fingerprint density at radius 1 is 1.53 bits per heavy atom. The van der Waals surface area contributed by atoms with Crippen molar-refractivity contribution >= 4 is 35.1 Å². The predicted molar refractivity (Wildman–Crippen MR) is 76.6 cm³/mol. The normalized spacial score (nSPS) is 19.2. The van der Waals surface area contributed by atoms with Crippen LogP contribution in [0.5, 0.6) is 0 Å². The standard InChI is InChI=1S/C12H16N2O3S2/c15-11(16)5-10-8-19-4-2-14(10)12(17)13-6-9-1-3-18-7-9/h1,3,7,10H,2,4-6,8H2,(H,13,17)(H,15,16). The zero-order chi connectivity index (χ0) is 13.7. The molecule has 1 fully saturated rings. The Hall–Kier alpha value is -1.21. The molecule has 19 heavy (non-hydrogen) atoms. The smallest absolute Gasteiger partial charge is 0.317 e. The third-order valence-corrected chi connectivity index (χ3v) is 4.75. The molecular weight excluding hydrogens is 284 g/mol. The molecular formula is C12H16N2O3S2.